The molecule has 0 saturated carbocycles. The Balaban J connectivity index is 1.04. The summed E-state index contributed by atoms with van der Waals surface area (Å²) >= 11 is 0. The zero-order chi connectivity index (χ0) is 38.5. The van der Waals surface area contributed by atoms with E-state index in [2.05, 4.69) is 218 Å². The average molecular weight is 743 g/mol. The molecule has 0 radical (unpaired) electrons. The number of anilines is 6. The normalized spacial score (nSPS) is 13.9. The summed E-state index contributed by atoms with van der Waals surface area (Å²) in [6.07, 6.45) is 0. The van der Waals surface area contributed by atoms with Gasteiger partial charge in [-0.25, -0.2) is 0 Å². The van der Waals surface area contributed by atoms with Crippen molar-refractivity contribution in [2.45, 2.75) is 19.3 Å². The standard InChI is InChI=1S/C55H38N2O/c1-55(2)47-30-40(22-26-49(47)56(43-17-4-3-5-18-43)50-31-37-14-7-6-13-36(37)29-48(50)55)41-23-27-53-51(33-41)57(52-32-38-15-8-9-16-39(38)34-54(52)58-53)44-24-25-46-42(28-44)21-20-35-12-10-11-19-45(35)46/h3-34H,1-2H3. The molecule has 3 heteroatoms. The second-order valence-electron chi connectivity index (χ2n) is 16.2. The number of ether oxygens (including phenoxy) is 1. The van der Waals surface area contributed by atoms with Crippen LogP contribution in [0.5, 0.6) is 11.5 Å². The minimum absolute atomic E-state index is 0.255. The van der Waals surface area contributed by atoms with E-state index < -0.39 is 0 Å². The van der Waals surface area contributed by atoms with Gasteiger partial charge in [0.1, 0.15) is 0 Å². The van der Waals surface area contributed by atoms with Crippen molar-refractivity contribution in [3.05, 3.63) is 205 Å². The van der Waals surface area contributed by atoms with Crippen molar-refractivity contribution in [2.24, 2.45) is 0 Å². The molecule has 10 aromatic carbocycles. The van der Waals surface area contributed by atoms with Crippen LogP contribution in [-0.2, 0) is 5.41 Å². The Morgan fingerprint density at radius 1 is 0.345 bits per heavy atom. The highest BCUT2D eigenvalue weighted by Gasteiger charge is 2.38. The van der Waals surface area contributed by atoms with Gasteiger partial charge in [0, 0.05) is 16.8 Å². The molecule has 12 rings (SSSR count). The van der Waals surface area contributed by atoms with E-state index in [-0.39, 0.29) is 5.41 Å². The Hall–Kier alpha value is -7.36. The molecule has 10 aromatic rings. The number of benzene rings is 10. The van der Waals surface area contributed by atoms with Crippen molar-refractivity contribution in [2.75, 3.05) is 9.80 Å². The molecule has 2 heterocycles. The summed E-state index contributed by atoms with van der Waals surface area (Å²) < 4.78 is 6.79. The molecule has 274 valence electrons. The number of hydrogen-bond acceptors (Lipinski definition) is 3. The largest absolute Gasteiger partial charge is 0.453 e. The molecule has 3 nitrogen and oxygen atoms in total. The molecule has 0 saturated heterocycles. The van der Waals surface area contributed by atoms with Crippen LogP contribution in [0, 0.1) is 0 Å². The zero-order valence-corrected chi connectivity index (χ0v) is 32.3. The fourth-order valence-corrected chi connectivity index (χ4v) is 9.54. The lowest BCUT2D eigenvalue weighted by atomic mass is 9.72. The maximum atomic E-state index is 6.79. The Labute approximate surface area is 337 Å². The predicted octanol–water partition coefficient (Wildman–Crippen LogP) is 15.7. The van der Waals surface area contributed by atoms with Crippen LogP contribution in [0.4, 0.5) is 34.1 Å². The molecular weight excluding hydrogens is 705 g/mol. The van der Waals surface area contributed by atoms with Crippen molar-refractivity contribution >= 4 is 77.2 Å². The van der Waals surface area contributed by atoms with Gasteiger partial charge in [-0.2, -0.15) is 0 Å². The number of nitrogens with zero attached hydrogens (tertiary/aromatic N) is 2. The molecule has 0 fully saturated rings. The minimum Gasteiger partial charge on any atom is -0.453 e. The lowest BCUT2D eigenvalue weighted by Crippen LogP contribution is -2.30. The van der Waals surface area contributed by atoms with Gasteiger partial charge in [0.15, 0.2) is 11.5 Å². The van der Waals surface area contributed by atoms with Gasteiger partial charge < -0.3 is 14.5 Å². The third kappa shape index (κ3) is 4.93. The maximum absolute atomic E-state index is 6.79. The van der Waals surface area contributed by atoms with E-state index >= 15 is 0 Å². The molecule has 0 spiro atoms. The van der Waals surface area contributed by atoms with Crippen molar-refractivity contribution in [1.82, 2.24) is 0 Å². The van der Waals surface area contributed by atoms with Crippen LogP contribution in [0.25, 0.3) is 54.2 Å². The quantitative estimate of drug-likeness (QED) is 0.168. The fourth-order valence-electron chi connectivity index (χ4n) is 9.54. The second-order valence-corrected chi connectivity index (χ2v) is 16.2. The van der Waals surface area contributed by atoms with Crippen molar-refractivity contribution in [3.8, 4) is 22.6 Å². The maximum Gasteiger partial charge on any atom is 0.152 e. The molecule has 0 N–H and O–H groups in total. The van der Waals surface area contributed by atoms with Gasteiger partial charge in [0.05, 0.1) is 22.7 Å². The lowest BCUT2D eigenvalue weighted by molar-refractivity contribution is 0.478. The number of hydrogen-bond donors (Lipinski definition) is 0. The molecule has 0 atom stereocenters. The topological polar surface area (TPSA) is 15.7 Å². The van der Waals surface area contributed by atoms with E-state index in [4.69, 9.17) is 4.74 Å². The Kier molecular flexibility index (Phi) is 6.98. The smallest absolute Gasteiger partial charge is 0.152 e. The summed E-state index contributed by atoms with van der Waals surface area (Å²) in [6, 6.07) is 70.9. The highest BCUT2D eigenvalue weighted by molar-refractivity contribution is 6.09. The summed E-state index contributed by atoms with van der Waals surface area (Å²) in [5.74, 6) is 1.68. The fraction of sp³-hybridized carbons (Fsp3) is 0.0545. The lowest BCUT2D eigenvalue weighted by Gasteiger charge is -2.42. The van der Waals surface area contributed by atoms with Gasteiger partial charge in [0.25, 0.3) is 0 Å². The second kappa shape index (κ2) is 12.3. The van der Waals surface area contributed by atoms with Gasteiger partial charge in [-0.15, -0.1) is 0 Å². The molecular formula is C55H38N2O. The minimum atomic E-state index is -0.255. The molecule has 0 amide bonds. The molecule has 0 unspecified atom stereocenters. The van der Waals surface area contributed by atoms with Crippen molar-refractivity contribution < 1.29 is 4.74 Å². The molecule has 0 bridgehead atoms. The van der Waals surface area contributed by atoms with Gasteiger partial charge in [0.2, 0.25) is 0 Å². The molecule has 0 aliphatic carbocycles. The van der Waals surface area contributed by atoms with Crippen LogP contribution in [0.3, 0.4) is 0 Å². The number of fused-ring (bicyclic) bond motifs is 9. The van der Waals surface area contributed by atoms with Crippen LogP contribution in [0.2, 0.25) is 0 Å². The van der Waals surface area contributed by atoms with E-state index in [1.807, 2.05) is 0 Å². The molecule has 58 heavy (non-hydrogen) atoms. The SMILES string of the molecule is CC1(C)c2cc(-c3ccc4c(c3)N(c3ccc5c(ccc6ccccc65)c3)c3cc5ccccc5cc3O4)ccc2N(c2ccccc2)c2cc3ccccc3cc21. The van der Waals surface area contributed by atoms with Crippen molar-refractivity contribution in [1.29, 1.82) is 0 Å². The predicted molar refractivity (Wildman–Crippen MR) is 243 cm³/mol. The van der Waals surface area contributed by atoms with E-state index in [1.54, 1.807) is 0 Å². The highest BCUT2D eigenvalue weighted by atomic mass is 16.5. The zero-order valence-electron chi connectivity index (χ0n) is 32.3. The summed E-state index contributed by atoms with van der Waals surface area (Å²) in [6.45, 7) is 4.75. The van der Waals surface area contributed by atoms with Gasteiger partial charge in [-0.3, -0.25) is 0 Å². The van der Waals surface area contributed by atoms with E-state index in [0.29, 0.717) is 0 Å². The van der Waals surface area contributed by atoms with Crippen LogP contribution in [0.1, 0.15) is 25.0 Å². The monoisotopic (exact) mass is 742 g/mol. The van der Waals surface area contributed by atoms with Crippen LogP contribution >= 0.6 is 0 Å². The van der Waals surface area contributed by atoms with Crippen molar-refractivity contribution in [3.63, 3.8) is 0 Å². The van der Waals surface area contributed by atoms with Gasteiger partial charge in [-0.05, 0) is 138 Å². The first-order chi connectivity index (χ1) is 28.5. The summed E-state index contributed by atoms with van der Waals surface area (Å²) in [7, 11) is 0. The van der Waals surface area contributed by atoms with E-state index in [0.717, 1.165) is 45.2 Å². The molecule has 2 aliphatic rings. The Morgan fingerprint density at radius 2 is 0.914 bits per heavy atom. The van der Waals surface area contributed by atoms with Gasteiger partial charge >= 0.3 is 0 Å². The van der Waals surface area contributed by atoms with Crippen LogP contribution in [-0.4, -0.2) is 0 Å². The molecule has 2 aliphatic heterocycles. The molecule has 0 aromatic heterocycles. The number of rotatable bonds is 3. The van der Waals surface area contributed by atoms with Crippen LogP contribution < -0.4 is 14.5 Å². The van der Waals surface area contributed by atoms with Crippen LogP contribution in [0.15, 0.2) is 194 Å². The van der Waals surface area contributed by atoms with E-state index in [1.165, 1.54) is 65.8 Å². The summed E-state index contributed by atoms with van der Waals surface area (Å²) in [5, 5.41) is 9.79. The van der Waals surface area contributed by atoms with E-state index in [9.17, 15) is 0 Å². The number of para-hydroxylation sites is 1. The summed E-state index contributed by atoms with van der Waals surface area (Å²) in [4.78, 5) is 4.83. The first-order valence-electron chi connectivity index (χ1n) is 20.1. The first kappa shape index (κ1) is 32.8. The third-order valence-corrected chi connectivity index (χ3v) is 12.5. The Bertz CT molecular complexity index is 3310. The Morgan fingerprint density at radius 3 is 1.71 bits per heavy atom. The summed E-state index contributed by atoms with van der Waals surface area (Å²) in [5.41, 5.74) is 11.4. The third-order valence-electron chi connectivity index (χ3n) is 12.5. The first-order valence-corrected chi connectivity index (χ1v) is 20.1. The van der Waals surface area contributed by atoms with Gasteiger partial charge in [-0.1, -0.05) is 135 Å². The average Bonchev–Trinajstić information content (AvgIpc) is 3.27. The highest BCUT2D eigenvalue weighted by Crippen LogP contribution is 2.56.